The van der Waals surface area contributed by atoms with Gasteiger partial charge in [0.1, 0.15) is 0 Å². The largest absolute Gasteiger partial charge is 0.356 e. The van der Waals surface area contributed by atoms with Crippen LogP contribution in [0, 0.1) is 5.92 Å². The molecule has 2 aliphatic rings. The summed E-state index contributed by atoms with van der Waals surface area (Å²) in [4.78, 5) is 12.5. The van der Waals surface area contributed by atoms with Crippen LogP contribution < -0.4 is 21.5 Å². The molecular formula is C18H23ClN6OS2. The Labute approximate surface area is 177 Å². The summed E-state index contributed by atoms with van der Waals surface area (Å²) in [5, 5.41) is 16.7. The average molecular weight is 439 g/mol. The maximum atomic E-state index is 11.4. The third kappa shape index (κ3) is 4.13. The van der Waals surface area contributed by atoms with Crippen LogP contribution in [0.25, 0.3) is 10.6 Å². The molecule has 4 unspecified atom stereocenters. The molecular weight excluding hydrogens is 416 g/mol. The summed E-state index contributed by atoms with van der Waals surface area (Å²) in [5.74, 6) is 0.319. The molecule has 1 amide bonds. The van der Waals surface area contributed by atoms with E-state index in [9.17, 15) is 4.79 Å². The molecule has 0 bridgehead atoms. The summed E-state index contributed by atoms with van der Waals surface area (Å²) in [6, 6.07) is 6.47. The number of nitrogens with one attached hydrogen (secondary N) is 4. The summed E-state index contributed by atoms with van der Waals surface area (Å²) in [6.07, 6.45) is 4.10. The minimum absolute atomic E-state index is 0.0402. The first kappa shape index (κ1) is 19.9. The van der Waals surface area contributed by atoms with Gasteiger partial charge in [0.15, 0.2) is 5.01 Å². The van der Waals surface area contributed by atoms with Crippen molar-refractivity contribution in [2.45, 2.75) is 42.1 Å². The molecule has 0 spiro atoms. The van der Waals surface area contributed by atoms with Gasteiger partial charge in [-0.25, -0.2) is 0 Å². The molecule has 2 heterocycles. The number of hydrogen-bond donors (Lipinski definition) is 4. The van der Waals surface area contributed by atoms with E-state index in [0.717, 1.165) is 45.7 Å². The number of nitrogens with zero attached hydrogens (tertiary/aromatic N) is 2. The number of hydrogen-bond acceptors (Lipinski definition) is 8. The smallest absolute Gasteiger partial charge is 0.221 e. The summed E-state index contributed by atoms with van der Waals surface area (Å²) >= 11 is 9.90. The zero-order valence-corrected chi connectivity index (χ0v) is 18.0. The van der Waals surface area contributed by atoms with Gasteiger partial charge in [-0.15, -0.1) is 33.6 Å². The number of benzene rings is 1. The van der Waals surface area contributed by atoms with Crippen LogP contribution in [0.1, 0.15) is 19.8 Å². The number of carbonyl (C=O) groups excluding carboxylic acids is 1. The topological polar surface area (TPSA) is 91.0 Å². The predicted octanol–water partition coefficient (Wildman–Crippen LogP) is 3.16. The first-order valence-corrected chi connectivity index (χ1v) is 11.7. The van der Waals surface area contributed by atoms with Crippen molar-refractivity contribution in [3.8, 4) is 10.6 Å². The van der Waals surface area contributed by atoms with Crippen LogP contribution in [0.3, 0.4) is 0 Å². The number of alkyl halides is 1. The molecule has 1 aromatic heterocycles. The number of halogens is 1. The Morgan fingerprint density at radius 1 is 1.36 bits per heavy atom. The van der Waals surface area contributed by atoms with Crippen molar-refractivity contribution in [1.82, 2.24) is 21.0 Å². The number of carbonyl (C=O) groups is 1. The van der Waals surface area contributed by atoms with Crippen molar-refractivity contribution in [2.75, 3.05) is 23.4 Å². The second-order valence-electron chi connectivity index (χ2n) is 7.08. The highest BCUT2D eigenvalue weighted by atomic mass is 35.5. The lowest BCUT2D eigenvalue weighted by Gasteiger charge is -2.35. The van der Waals surface area contributed by atoms with E-state index >= 15 is 0 Å². The lowest BCUT2D eigenvalue weighted by molar-refractivity contribution is -0.114. The number of anilines is 2. The van der Waals surface area contributed by atoms with Gasteiger partial charge in [0.25, 0.3) is 0 Å². The minimum Gasteiger partial charge on any atom is -0.356 e. The first-order chi connectivity index (χ1) is 13.5. The fourth-order valence-corrected chi connectivity index (χ4v) is 5.79. The van der Waals surface area contributed by atoms with Crippen LogP contribution in [0.2, 0.25) is 0 Å². The molecule has 4 rings (SSSR count). The van der Waals surface area contributed by atoms with Gasteiger partial charge in [-0.1, -0.05) is 11.3 Å². The van der Waals surface area contributed by atoms with E-state index in [-0.39, 0.29) is 17.3 Å². The second kappa shape index (κ2) is 8.54. The van der Waals surface area contributed by atoms with Gasteiger partial charge < -0.3 is 10.6 Å². The average Bonchev–Trinajstić information content (AvgIpc) is 3.33. The number of rotatable bonds is 5. The molecule has 1 saturated heterocycles. The van der Waals surface area contributed by atoms with Crippen LogP contribution in [0.15, 0.2) is 23.1 Å². The highest BCUT2D eigenvalue weighted by molar-refractivity contribution is 7.98. The van der Waals surface area contributed by atoms with E-state index in [4.69, 9.17) is 11.6 Å². The standard InChI is InChI=1S/C18H23ClN6OS2/c1-9(26)21-10-3-6-15(27-2)11(7-10)17-24-25-18(28-17)22-14-5-4-13-12(16(14)19)8-20-23-13/h3,6-7,12-14,16,20,23H,4-5,8H2,1-2H3,(H,21,26)(H,22,25). The Kier molecular flexibility index (Phi) is 6.07. The normalized spacial score (nSPS) is 26.7. The molecule has 4 N–H and O–H groups in total. The van der Waals surface area contributed by atoms with E-state index in [1.54, 1.807) is 11.8 Å². The molecule has 0 radical (unpaired) electrons. The second-order valence-corrected chi connectivity index (χ2v) is 9.41. The van der Waals surface area contributed by atoms with Gasteiger partial charge in [0, 0.05) is 47.6 Å². The first-order valence-electron chi connectivity index (χ1n) is 9.23. The van der Waals surface area contributed by atoms with Gasteiger partial charge in [-0.05, 0) is 37.3 Å². The maximum Gasteiger partial charge on any atom is 0.221 e. The molecule has 1 aromatic carbocycles. The molecule has 1 saturated carbocycles. The monoisotopic (exact) mass is 438 g/mol. The van der Waals surface area contributed by atoms with Crippen LogP contribution in [0.5, 0.6) is 0 Å². The number of hydrazine groups is 1. The molecule has 1 aliphatic heterocycles. The summed E-state index contributed by atoms with van der Waals surface area (Å²) in [6.45, 7) is 2.40. The third-order valence-electron chi connectivity index (χ3n) is 5.21. The van der Waals surface area contributed by atoms with Crippen LogP contribution in [0.4, 0.5) is 10.8 Å². The Morgan fingerprint density at radius 3 is 3.00 bits per heavy atom. The zero-order valence-electron chi connectivity index (χ0n) is 15.7. The molecule has 150 valence electrons. The molecule has 7 nitrogen and oxygen atoms in total. The molecule has 10 heteroatoms. The van der Waals surface area contributed by atoms with Crippen molar-refractivity contribution in [3.05, 3.63) is 18.2 Å². The lowest BCUT2D eigenvalue weighted by Crippen LogP contribution is -2.47. The fourth-order valence-electron chi connectivity index (χ4n) is 3.85. The van der Waals surface area contributed by atoms with E-state index in [2.05, 4.69) is 31.7 Å². The van der Waals surface area contributed by atoms with Crippen LogP contribution in [-0.2, 0) is 4.79 Å². The maximum absolute atomic E-state index is 11.4. The Hall–Kier alpha value is -1.39. The van der Waals surface area contributed by atoms with Crippen LogP contribution >= 0.6 is 34.7 Å². The van der Waals surface area contributed by atoms with E-state index in [1.165, 1.54) is 18.3 Å². The highest BCUT2D eigenvalue weighted by Crippen LogP contribution is 2.37. The minimum atomic E-state index is -0.0953. The van der Waals surface area contributed by atoms with Gasteiger partial charge >= 0.3 is 0 Å². The fraction of sp³-hybridized carbons (Fsp3) is 0.500. The summed E-state index contributed by atoms with van der Waals surface area (Å²) in [5.41, 5.74) is 8.25. The van der Waals surface area contributed by atoms with Crippen molar-refractivity contribution >= 4 is 51.4 Å². The van der Waals surface area contributed by atoms with Crippen LogP contribution in [-0.4, -0.2) is 46.4 Å². The molecule has 4 atom stereocenters. The van der Waals surface area contributed by atoms with Crippen molar-refractivity contribution in [3.63, 3.8) is 0 Å². The number of fused-ring (bicyclic) bond motifs is 1. The Morgan fingerprint density at radius 2 is 2.21 bits per heavy atom. The van der Waals surface area contributed by atoms with Gasteiger partial charge in [0.2, 0.25) is 11.0 Å². The van der Waals surface area contributed by atoms with Gasteiger partial charge in [0.05, 0.1) is 5.38 Å². The number of amides is 1. The van der Waals surface area contributed by atoms with E-state index < -0.39 is 0 Å². The Bertz CT molecular complexity index is 862. The van der Waals surface area contributed by atoms with Crippen molar-refractivity contribution in [1.29, 1.82) is 0 Å². The zero-order chi connectivity index (χ0) is 19.7. The SMILES string of the molecule is CSc1ccc(NC(C)=O)cc1-c1nnc(NC2CCC3NNCC3C2Cl)s1. The van der Waals surface area contributed by atoms with E-state index in [0.29, 0.717) is 12.0 Å². The van der Waals surface area contributed by atoms with Crippen molar-refractivity contribution in [2.24, 2.45) is 5.92 Å². The number of thioether (sulfide) groups is 1. The molecule has 2 aromatic rings. The predicted molar refractivity (Wildman–Crippen MR) is 116 cm³/mol. The van der Waals surface area contributed by atoms with Crippen molar-refractivity contribution < 1.29 is 4.79 Å². The summed E-state index contributed by atoms with van der Waals surface area (Å²) < 4.78 is 0. The lowest BCUT2D eigenvalue weighted by atomic mass is 9.82. The van der Waals surface area contributed by atoms with Gasteiger partial charge in [-0.2, -0.15) is 0 Å². The number of aromatic nitrogens is 2. The molecule has 28 heavy (non-hydrogen) atoms. The third-order valence-corrected chi connectivity index (χ3v) is 7.52. The molecule has 2 fully saturated rings. The van der Waals surface area contributed by atoms with Gasteiger partial charge in [-0.3, -0.25) is 15.6 Å². The van der Waals surface area contributed by atoms with E-state index in [1.807, 2.05) is 24.5 Å². The quantitative estimate of drug-likeness (QED) is 0.421. The summed E-state index contributed by atoms with van der Waals surface area (Å²) in [7, 11) is 0. The highest BCUT2D eigenvalue weighted by Gasteiger charge is 2.41. The Balaban J connectivity index is 1.52. The molecule has 1 aliphatic carbocycles.